The van der Waals surface area contributed by atoms with Gasteiger partial charge in [-0.1, -0.05) is 12.1 Å². The Morgan fingerprint density at radius 1 is 1.00 bits per heavy atom. The van der Waals surface area contributed by atoms with Crippen LogP contribution in [0.5, 0.6) is 0 Å². The van der Waals surface area contributed by atoms with E-state index >= 15 is 0 Å². The van der Waals surface area contributed by atoms with Crippen LogP contribution in [-0.4, -0.2) is 43.7 Å². The molecule has 0 radical (unpaired) electrons. The fraction of sp³-hybridized carbons (Fsp3) is 0.440. The lowest BCUT2D eigenvalue weighted by atomic mass is 9.97. The maximum atomic E-state index is 13.8. The van der Waals surface area contributed by atoms with E-state index in [1.807, 2.05) is 11.8 Å². The lowest BCUT2D eigenvalue weighted by Gasteiger charge is -2.30. The summed E-state index contributed by atoms with van der Waals surface area (Å²) in [5, 5.41) is 2.61. The lowest BCUT2D eigenvalue weighted by Crippen LogP contribution is -2.41. The molecule has 1 saturated heterocycles. The first-order chi connectivity index (χ1) is 16.3. The highest BCUT2D eigenvalue weighted by Gasteiger charge is 2.40. The van der Waals surface area contributed by atoms with E-state index in [4.69, 9.17) is 0 Å². The third-order valence-corrected chi connectivity index (χ3v) is 8.92. The fourth-order valence-electron chi connectivity index (χ4n) is 4.94. The molecular weight excluding hydrogens is 457 g/mol. The Morgan fingerprint density at radius 3 is 2.38 bits per heavy atom. The van der Waals surface area contributed by atoms with Gasteiger partial charge in [0.2, 0.25) is 21.8 Å². The van der Waals surface area contributed by atoms with Crippen LogP contribution >= 0.6 is 0 Å². The second kappa shape index (κ2) is 8.78. The summed E-state index contributed by atoms with van der Waals surface area (Å²) in [6.45, 7) is 2.43. The van der Waals surface area contributed by atoms with Gasteiger partial charge in [-0.15, -0.1) is 0 Å². The van der Waals surface area contributed by atoms with Crippen LogP contribution in [0.4, 0.5) is 15.8 Å². The van der Waals surface area contributed by atoms with E-state index in [1.165, 1.54) is 16.4 Å². The number of amides is 2. The molecule has 1 atom stereocenters. The summed E-state index contributed by atoms with van der Waals surface area (Å²) in [4.78, 5) is 27.3. The molecule has 7 nitrogen and oxygen atoms in total. The summed E-state index contributed by atoms with van der Waals surface area (Å²) < 4.78 is 41.9. The number of piperidine rings is 1. The highest BCUT2D eigenvalue weighted by Crippen LogP contribution is 2.40. The second-order valence-corrected chi connectivity index (χ2v) is 11.4. The Balaban J connectivity index is 1.26. The van der Waals surface area contributed by atoms with Gasteiger partial charge in [0, 0.05) is 36.7 Å². The first kappa shape index (κ1) is 23.0. The molecule has 2 aromatic carbocycles. The van der Waals surface area contributed by atoms with E-state index in [0.717, 1.165) is 24.1 Å². The molecule has 2 amide bonds. The number of hydrogen-bond donors (Lipinski definition) is 1. The Bertz CT molecular complexity index is 1240. The van der Waals surface area contributed by atoms with E-state index in [0.29, 0.717) is 19.3 Å². The second-order valence-electron chi connectivity index (χ2n) is 9.47. The minimum absolute atomic E-state index is 0.0183. The summed E-state index contributed by atoms with van der Waals surface area (Å²) in [6, 6.07) is 11.0. The first-order valence-electron chi connectivity index (χ1n) is 11.8. The Kier molecular flexibility index (Phi) is 5.93. The molecule has 2 aliphatic heterocycles. The number of anilines is 2. The van der Waals surface area contributed by atoms with E-state index in [-0.39, 0.29) is 53.4 Å². The third-order valence-electron chi connectivity index (χ3n) is 7.02. The zero-order valence-corrected chi connectivity index (χ0v) is 19.9. The fourth-order valence-corrected chi connectivity index (χ4v) is 6.46. The highest BCUT2D eigenvalue weighted by molar-refractivity contribution is 7.89. The molecule has 5 rings (SSSR count). The van der Waals surface area contributed by atoms with Crippen LogP contribution in [-0.2, 0) is 26.0 Å². The summed E-state index contributed by atoms with van der Waals surface area (Å²) in [5.41, 5.74) is 1.82. The predicted octanol–water partition coefficient (Wildman–Crippen LogP) is 3.55. The van der Waals surface area contributed by atoms with Crippen LogP contribution in [0.25, 0.3) is 0 Å². The minimum atomic E-state index is -3.72. The van der Waals surface area contributed by atoms with Crippen molar-refractivity contribution in [3.63, 3.8) is 0 Å². The SMILES string of the molecule is C[C@@H]1Cc2cc(S(=O)(=O)N3CCC(C(=O)Nc4ccccc4F)CC3)ccc2N1C(=O)C1CC1. The molecule has 34 heavy (non-hydrogen) atoms. The number of halogens is 1. The van der Waals surface area contributed by atoms with Crippen molar-refractivity contribution in [2.24, 2.45) is 11.8 Å². The van der Waals surface area contributed by atoms with Crippen molar-refractivity contribution in [1.82, 2.24) is 4.31 Å². The van der Waals surface area contributed by atoms with Crippen molar-refractivity contribution in [1.29, 1.82) is 0 Å². The average Bonchev–Trinajstić information content (AvgIpc) is 3.62. The van der Waals surface area contributed by atoms with Crippen molar-refractivity contribution in [2.45, 2.75) is 50.0 Å². The molecule has 0 spiro atoms. The molecule has 2 heterocycles. The highest BCUT2D eigenvalue weighted by atomic mass is 32.2. The number of para-hydroxylation sites is 1. The van der Waals surface area contributed by atoms with Crippen LogP contribution in [0.3, 0.4) is 0 Å². The van der Waals surface area contributed by atoms with Gasteiger partial charge in [0.05, 0.1) is 10.6 Å². The quantitative estimate of drug-likeness (QED) is 0.702. The van der Waals surface area contributed by atoms with Crippen LogP contribution in [0.2, 0.25) is 0 Å². The van der Waals surface area contributed by atoms with Gasteiger partial charge < -0.3 is 10.2 Å². The van der Waals surface area contributed by atoms with Crippen LogP contribution < -0.4 is 10.2 Å². The molecule has 3 aliphatic rings. The lowest BCUT2D eigenvalue weighted by molar-refractivity contribution is -0.121. The molecule has 0 bridgehead atoms. The summed E-state index contributed by atoms with van der Waals surface area (Å²) in [5.74, 6) is -0.937. The zero-order valence-electron chi connectivity index (χ0n) is 19.0. The van der Waals surface area contributed by atoms with Gasteiger partial charge >= 0.3 is 0 Å². The van der Waals surface area contributed by atoms with Crippen molar-refractivity contribution in [2.75, 3.05) is 23.3 Å². The van der Waals surface area contributed by atoms with Crippen LogP contribution in [0.15, 0.2) is 47.4 Å². The largest absolute Gasteiger partial charge is 0.323 e. The summed E-state index contributed by atoms with van der Waals surface area (Å²) in [6.07, 6.45) is 3.22. The molecular formula is C25H28FN3O4S. The number of rotatable bonds is 5. The van der Waals surface area contributed by atoms with Gasteiger partial charge in [-0.2, -0.15) is 4.31 Å². The average molecular weight is 486 g/mol. The number of benzene rings is 2. The van der Waals surface area contributed by atoms with Crippen molar-refractivity contribution in [3.8, 4) is 0 Å². The minimum Gasteiger partial charge on any atom is -0.323 e. The molecule has 180 valence electrons. The standard InChI is InChI=1S/C25H28FN3O4S/c1-16-14-19-15-20(8-9-23(19)29(16)25(31)18-6-7-18)34(32,33)28-12-10-17(11-13-28)24(30)27-22-5-3-2-4-21(22)26/h2-5,8-9,15-18H,6-7,10-14H2,1H3,(H,27,30)/t16-/m1/s1. The zero-order chi connectivity index (χ0) is 24.0. The van der Waals surface area contributed by atoms with Crippen LogP contribution in [0, 0.1) is 17.7 Å². The van der Waals surface area contributed by atoms with E-state index in [9.17, 15) is 22.4 Å². The predicted molar refractivity (Wildman–Crippen MR) is 126 cm³/mol. The monoisotopic (exact) mass is 485 g/mol. The molecule has 1 aliphatic carbocycles. The van der Waals surface area contributed by atoms with Gasteiger partial charge in [-0.3, -0.25) is 9.59 Å². The van der Waals surface area contributed by atoms with E-state index in [2.05, 4.69) is 5.32 Å². The molecule has 9 heteroatoms. The Labute approximate surface area is 199 Å². The van der Waals surface area contributed by atoms with Gasteiger partial charge in [0.1, 0.15) is 5.82 Å². The van der Waals surface area contributed by atoms with Crippen molar-refractivity contribution < 1.29 is 22.4 Å². The number of carbonyl (C=O) groups is 2. The summed E-state index contributed by atoms with van der Waals surface area (Å²) >= 11 is 0. The van der Waals surface area contributed by atoms with Gasteiger partial charge in [-0.25, -0.2) is 12.8 Å². The van der Waals surface area contributed by atoms with Gasteiger partial charge in [-0.05, 0) is 74.9 Å². The van der Waals surface area contributed by atoms with E-state index in [1.54, 1.807) is 30.3 Å². The van der Waals surface area contributed by atoms with Gasteiger partial charge in [0.15, 0.2) is 0 Å². The Hall–Kier alpha value is -2.78. The molecule has 2 fully saturated rings. The van der Waals surface area contributed by atoms with Crippen molar-refractivity contribution >= 4 is 33.2 Å². The molecule has 0 aromatic heterocycles. The molecule has 1 saturated carbocycles. The molecule has 2 aromatic rings. The number of sulfonamides is 1. The molecule has 0 unspecified atom stereocenters. The topological polar surface area (TPSA) is 86.8 Å². The Morgan fingerprint density at radius 2 is 1.71 bits per heavy atom. The number of nitrogens with one attached hydrogen (secondary N) is 1. The first-order valence-corrected chi connectivity index (χ1v) is 13.2. The number of fused-ring (bicyclic) bond motifs is 1. The number of nitrogens with zero attached hydrogens (tertiary/aromatic N) is 2. The van der Waals surface area contributed by atoms with Crippen LogP contribution in [0.1, 0.15) is 38.2 Å². The smallest absolute Gasteiger partial charge is 0.243 e. The van der Waals surface area contributed by atoms with Crippen molar-refractivity contribution in [3.05, 3.63) is 53.8 Å². The number of hydrogen-bond acceptors (Lipinski definition) is 4. The normalized spacial score (nSPS) is 21.4. The van der Waals surface area contributed by atoms with E-state index < -0.39 is 15.8 Å². The maximum absolute atomic E-state index is 13.8. The van der Waals surface area contributed by atoms with Gasteiger partial charge in [0.25, 0.3) is 0 Å². The molecule has 1 N–H and O–H groups in total. The maximum Gasteiger partial charge on any atom is 0.243 e. The number of carbonyl (C=O) groups excluding carboxylic acids is 2. The summed E-state index contributed by atoms with van der Waals surface area (Å²) in [7, 11) is -3.72. The third kappa shape index (κ3) is 4.22.